The highest BCUT2D eigenvalue weighted by Crippen LogP contribution is 2.37. The van der Waals surface area contributed by atoms with E-state index in [2.05, 4.69) is 44.2 Å². The Morgan fingerprint density at radius 1 is 1.24 bits per heavy atom. The number of hydrogen-bond donors (Lipinski definition) is 1. The summed E-state index contributed by atoms with van der Waals surface area (Å²) in [6.45, 7) is 12.4. The van der Waals surface area contributed by atoms with Crippen LogP contribution < -0.4 is 10.9 Å². The lowest BCUT2D eigenvalue weighted by Crippen LogP contribution is -2.49. The lowest BCUT2D eigenvalue weighted by Gasteiger charge is -2.40. The molecule has 0 saturated carbocycles. The number of rotatable bonds is 3. The quantitative estimate of drug-likeness (QED) is 0.851. The minimum atomic E-state index is -1.87. The van der Waals surface area contributed by atoms with Crippen LogP contribution in [0.5, 0.6) is 0 Å². The van der Waals surface area contributed by atoms with Gasteiger partial charge in [0.1, 0.15) is 0 Å². The van der Waals surface area contributed by atoms with Crippen molar-refractivity contribution in [3.8, 4) is 11.3 Å². The molecule has 3 rings (SSSR count). The molecule has 1 N–H and O–H groups in total. The molecule has 1 aliphatic heterocycles. The van der Waals surface area contributed by atoms with Gasteiger partial charge in [-0.15, -0.1) is 0 Å². The van der Waals surface area contributed by atoms with Crippen molar-refractivity contribution in [1.29, 1.82) is 0 Å². The minimum Gasteiger partial charge on any atom is -0.410 e. The molecular formula is C19H27N3O2Si. The molecule has 0 saturated heterocycles. The first-order valence-electron chi connectivity index (χ1n) is 8.76. The molecule has 0 aliphatic carbocycles. The van der Waals surface area contributed by atoms with Crippen molar-refractivity contribution < 1.29 is 4.43 Å². The number of anilines is 1. The fourth-order valence-electron chi connectivity index (χ4n) is 2.72. The smallest absolute Gasteiger partial charge is 0.255 e. The average Bonchev–Trinajstić information content (AvgIpc) is 2.55. The molecule has 0 fully saturated rings. The molecule has 0 bridgehead atoms. The third-order valence-corrected chi connectivity index (χ3v) is 9.75. The van der Waals surface area contributed by atoms with Crippen LogP contribution in [0.2, 0.25) is 18.1 Å². The maximum Gasteiger partial charge on any atom is 0.255 e. The molecule has 1 aliphatic rings. The SMILES string of the molecule is CC(C)(C)[Si](C)(C)OC1CNc2nc(-c3ccccc3)cc(=O)n2C1. The molecule has 25 heavy (non-hydrogen) atoms. The largest absolute Gasteiger partial charge is 0.410 e. The summed E-state index contributed by atoms with van der Waals surface area (Å²) in [4.78, 5) is 17.2. The van der Waals surface area contributed by atoms with Crippen molar-refractivity contribution in [2.45, 2.75) is 51.6 Å². The van der Waals surface area contributed by atoms with Gasteiger partial charge < -0.3 is 9.74 Å². The highest BCUT2D eigenvalue weighted by molar-refractivity contribution is 6.74. The zero-order valence-corrected chi connectivity index (χ0v) is 16.7. The first kappa shape index (κ1) is 17.9. The zero-order valence-electron chi connectivity index (χ0n) is 15.7. The molecule has 0 spiro atoms. The van der Waals surface area contributed by atoms with Crippen molar-refractivity contribution in [2.24, 2.45) is 0 Å². The highest BCUT2D eigenvalue weighted by atomic mass is 28.4. The van der Waals surface area contributed by atoms with Gasteiger partial charge in [-0.3, -0.25) is 9.36 Å². The van der Waals surface area contributed by atoms with Crippen molar-refractivity contribution in [3.05, 3.63) is 46.8 Å². The second-order valence-corrected chi connectivity index (χ2v) is 12.9. The average molecular weight is 358 g/mol. The summed E-state index contributed by atoms with van der Waals surface area (Å²) >= 11 is 0. The first-order chi connectivity index (χ1) is 11.7. The van der Waals surface area contributed by atoms with Gasteiger partial charge in [-0.05, 0) is 18.1 Å². The summed E-state index contributed by atoms with van der Waals surface area (Å²) in [5, 5.41) is 3.43. The fraction of sp³-hybridized carbons (Fsp3) is 0.474. The van der Waals surface area contributed by atoms with Gasteiger partial charge in [0.2, 0.25) is 5.95 Å². The van der Waals surface area contributed by atoms with Crippen LogP contribution in [-0.2, 0) is 11.0 Å². The minimum absolute atomic E-state index is 0.00420. The molecule has 1 unspecified atom stereocenters. The molecule has 134 valence electrons. The highest BCUT2D eigenvalue weighted by Gasteiger charge is 2.40. The van der Waals surface area contributed by atoms with Crippen molar-refractivity contribution in [2.75, 3.05) is 11.9 Å². The molecule has 5 nitrogen and oxygen atoms in total. The molecule has 1 aromatic heterocycles. The van der Waals surface area contributed by atoms with Crippen molar-refractivity contribution >= 4 is 14.3 Å². The number of nitrogens with one attached hydrogen (secondary N) is 1. The van der Waals surface area contributed by atoms with Crippen LogP contribution in [0.15, 0.2) is 41.2 Å². The van der Waals surface area contributed by atoms with E-state index in [1.54, 1.807) is 10.6 Å². The molecule has 2 heterocycles. The molecule has 0 amide bonds. The normalized spacial score (nSPS) is 17.7. The Morgan fingerprint density at radius 3 is 2.56 bits per heavy atom. The molecule has 1 aromatic carbocycles. The van der Waals surface area contributed by atoms with E-state index in [9.17, 15) is 4.79 Å². The zero-order chi connectivity index (χ0) is 18.2. The molecule has 1 atom stereocenters. The van der Waals surface area contributed by atoms with Crippen LogP contribution in [0.25, 0.3) is 11.3 Å². The topological polar surface area (TPSA) is 56.1 Å². The summed E-state index contributed by atoms with van der Waals surface area (Å²) in [5.41, 5.74) is 1.61. The van der Waals surface area contributed by atoms with Crippen LogP contribution >= 0.6 is 0 Å². The lowest BCUT2D eigenvalue weighted by atomic mass is 10.1. The van der Waals surface area contributed by atoms with Crippen LogP contribution in [0.4, 0.5) is 5.95 Å². The molecular weight excluding hydrogens is 330 g/mol. The Morgan fingerprint density at radius 2 is 1.92 bits per heavy atom. The maximum absolute atomic E-state index is 12.6. The number of fused-ring (bicyclic) bond motifs is 1. The van der Waals surface area contributed by atoms with E-state index in [0.717, 1.165) is 5.56 Å². The number of benzene rings is 1. The Balaban J connectivity index is 1.84. The Hall–Kier alpha value is -1.92. The maximum atomic E-state index is 12.6. The number of hydrogen-bond acceptors (Lipinski definition) is 4. The second-order valence-electron chi connectivity index (χ2n) is 8.16. The van der Waals surface area contributed by atoms with Gasteiger partial charge in [-0.1, -0.05) is 51.1 Å². The standard InChI is InChI=1S/C19H27N3O2Si/c1-19(2,3)25(4,5)24-15-12-20-18-21-16(11-17(23)22(18)13-15)14-9-7-6-8-10-14/h6-11,15H,12-13H2,1-5H3,(H,20,21). The third-order valence-electron chi connectivity index (χ3n) is 5.22. The molecule has 6 heteroatoms. The first-order valence-corrected chi connectivity index (χ1v) is 11.7. The Labute approximate surface area is 150 Å². The number of nitrogens with zero attached hydrogens (tertiary/aromatic N) is 2. The summed E-state index contributed by atoms with van der Waals surface area (Å²) < 4.78 is 8.15. The van der Waals surface area contributed by atoms with Gasteiger partial charge in [-0.2, -0.15) is 0 Å². The Bertz CT molecular complexity index is 810. The van der Waals surface area contributed by atoms with Crippen LogP contribution in [-0.4, -0.2) is 30.5 Å². The predicted octanol–water partition coefficient (Wildman–Crippen LogP) is 3.73. The van der Waals surface area contributed by atoms with E-state index in [1.165, 1.54) is 0 Å². The van der Waals surface area contributed by atoms with E-state index in [4.69, 9.17) is 4.43 Å². The van der Waals surface area contributed by atoms with Gasteiger partial charge in [0.25, 0.3) is 5.56 Å². The summed E-state index contributed by atoms with van der Waals surface area (Å²) in [6, 6.07) is 11.4. The molecule has 2 aromatic rings. The third kappa shape index (κ3) is 3.69. The Kier molecular flexibility index (Phi) is 4.59. The molecule has 0 radical (unpaired) electrons. The number of aromatic nitrogens is 2. The van der Waals surface area contributed by atoms with E-state index in [0.29, 0.717) is 24.7 Å². The monoisotopic (exact) mass is 357 g/mol. The summed E-state index contributed by atoms with van der Waals surface area (Å²) in [6.07, 6.45) is -0.00420. The van der Waals surface area contributed by atoms with Gasteiger partial charge in [0.15, 0.2) is 8.32 Å². The van der Waals surface area contributed by atoms with Crippen LogP contribution in [0, 0.1) is 0 Å². The van der Waals surface area contributed by atoms with E-state index < -0.39 is 8.32 Å². The van der Waals surface area contributed by atoms with Gasteiger partial charge in [0.05, 0.1) is 18.3 Å². The van der Waals surface area contributed by atoms with Crippen LogP contribution in [0.3, 0.4) is 0 Å². The lowest BCUT2D eigenvalue weighted by molar-refractivity contribution is 0.164. The summed E-state index contributed by atoms with van der Waals surface area (Å²) in [5.74, 6) is 0.626. The van der Waals surface area contributed by atoms with Crippen LogP contribution in [0.1, 0.15) is 20.8 Å². The summed E-state index contributed by atoms with van der Waals surface area (Å²) in [7, 11) is -1.87. The van der Waals surface area contributed by atoms with Crippen molar-refractivity contribution in [1.82, 2.24) is 9.55 Å². The second kappa shape index (κ2) is 6.42. The van der Waals surface area contributed by atoms with Gasteiger partial charge >= 0.3 is 0 Å². The van der Waals surface area contributed by atoms with Gasteiger partial charge in [0, 0.05) is 18.2 Å². The van der Waals surface area contributed by atoms with Crippen molar-refractivity contribution in [3.63, 3.8) is 0 Å². The predicted molar refractivity (Wildman–Crippen MR) is 104 cm³/mol. The van der Waals surface area contributed by atoms with Gasteiger partial charge in [-0.25, -0.2) is 4.98 Å². The fourth-order valence-corrected chi connectivity index (χ4v) is 4.06. The van der Waals surface area contributed by atoms with E-state index >= 15 is 0 Å². The van der Waals surface area contributed by atoms with E-state index in [1.807, 2.05) is 30.3 Å². The van der Waals surface area contributed by atoms with E-state index in [-0.39, 0.29) is 16.7 Å².